The lowest BCUT2D eigenvalue weighted by Crippen LogP contribution is -2.29. The van der Waals surface area contributed by atoms with Crippen LogP contribution in [0.1, 0.15) is 33.3 Å². The molecule has 1 atom stereocenters. The van der Waals surface area contributed by atoms with Gasteiger partial charge in [0.2, 0.25) is 5.76 Å². The van der Waals surface area contributed by atoms with Crippen molar-refractivity contribution in [2.24, 2.45) is 0 Å². The molecule has 0 unspecified atom stereocenters. The van der Waals surface area contributed by atoms with Crippen molar-refractivity contribution < 1.29 is 23.8 Å². The molecule has 2 heterocycles. The van der Waals surface area contributed by atoms with Crippen LogP contribution >= 0.6 is 15.9 Å². The second kappa shape index (κ2) is 8.53. The van der Waals surface area contributed by atoms with E-state index in [0.717, 1.165) is 10.0 Å². The molecule has 3 aromatic carbocycles. The fourth-order valence-corrected chi connectivity index (χ4v) is 4.66. The molecule has 1 aliphatic rings. The Kier molecular flexibility index (Phi) is 5.53. The van der Waals surface area contributed by atoms with Crippen molar-refractivity contribution in [2.75, 3.05) is 14.2 Å². The smallest absolute Gasteiger partial charge is 0.291 e. The number of fused-ring (bicyclic) bond motifs is 2. The summed E-state index contributed by atoms with van der Waals surface area (Å²) >= 11 is 3.40. The zero-order chi connectivity index (χ0) is 24.0. The number of nitrogens with zero attached hydrogens (tertiary/aromatic N) is 1. The third kappa shape index (κ3) is 3.60. The Morgan fingerprint density at radius 2 is 1.76 bits per heavy atom. The van der Waals surface area contributed by atoms with Crippen LogP contribution in [0.3, 0.4) is 0 Å². The number of hydrogen-bond donors (Lipinski definition) is 1. The molecule has 172 valence electrons. The van der Waals surface area contributed by atoms with Crippen molar-refractivity contribution in [2.45, 2.75) is 12.6 Å². The van der Waals surface area contributed by atoms with Gasteiger partial charge in [0, 0.05) is 11.0 Å². The van der Waals surface area contributed by atoms with E-state index in [-0.39, 0.29) is 40.7 Å². The summed E-state index contributed by atoms with van der Waals surface area (Å²) in [6.45, 7) is 0.236. The number of rotatable bonds is 5. The quantitative estimate of drug-likeness (QED) is 0.396. The van der Waals surface area contributed by atoms with Gasteiger partial charge in [-0.05, 0) is 53.6 Å². The van der Waals surface area contributed by atoms with E-state index in [4.69, 9.17) is 13.9 Å². The lowest BCUT2D eigenvalue weighted by atomic mass is 9.97. The molecule has 0 saturated heterocycles. The van der Waals surface area contributed by atoms with Gasteiger partial charge in [0.15, 0.2) is 16.9 Å². The zero-order valence-electron chi connectivity index (χ0n) is 18.4. The van der Waals surface area contributed by atoms with E-state index in [1.807, 2.05) is 24.3 Å². The number of hydrogen-bond acceptors (Lipinski definition) is 6. The molecular formula is C26H20BrNO6. The number of ether oxygens (including phenoxy) is 2. The number of amides is 1. The molecule has 5 rings (SSSR count). The van der Waals surface area contributed by atoms with Crippen molar-refractivity contribution in [3.63, 3.8) is 0 Å². The van der Waals surface area contributed by atoms with Gasteiger partial charge in [-0.15, -0.1) is 0 Å². The van der Waals surface area contributed by atoms with E-state index < -0.39 is 6.04 Å². The second-order valence-electron chi connectivity index (χ2n) is 7.93. The number of phenolic OH excluding ortho intramolecular Hbond substituents is 1. The molecule has 0 spiro atoms. The molecule has 0 fully saturated rings. The fourth-order valence-electron chi connectivity index (χ4n) is 4.29. The zero-order valence-corrected chi connectivity index (χ0v) is 20.0. The van der Waals surface area contributed by atoms with E-state index in [1.165, 1.54) is 13.2 Å². The van der Waals surface area contributed by atoms with E-state index in [1.54, 1.807) is 42.3 Å². The molecular weight excluding hydrogens is 502 g/mol. The standard InChI is InChI=1S/C26H20BrNO6/c1-32-17-7-3-14(4-8-17)13-28-23(15-5-9-19(29)21(11-15)33-2)22-24(30)18-12-16(27)6-10-20(18)34-25(22)26(28)31/h3-12,23,29H,13H2,1-2H3/t23-/m0/s1. The minimum atomic E-state index is -0.723. The molecule has 0 bridgehead atoms. The highest BCUT2D eigenvalue weighted by molar-refractivity contribution is 9.10. The lowest BCUT2D eigenvalue weighted by Gasteiger charge is -2.25. The van der Waals surface area contributed by atoms with Crippen LogP contribution < -0.4 is 14.9 Å². The van der Waals surface area contributed by atoms with Gasteiger partial charge in [-0.3, -0.25) is 9.59 Å². The molecule has 4 aromatic rings. The maximum atomic E-state index is 13.6. The summed E-state index contributed by atoms with van der Waals surface area (Å²) in [6, 6.07) is 16.6. The van der Waals surface area contributed by atoms with Crippen LogP contribution in [0.15, 0.2) is 74.3 Å². The third-order valence-corrected chi connectivity index (χ3v) is 6.45. The van der Waals surface area contributed by atoms with Gasteiger partial charge in [-0.2, -0.15) is 0 Å². The number of aromatic hydroxyl groups is 1. The van der Waals surface area contributed by atoms with Gasteiger partial charge in [-0.25, -0.2) is 0 Å². The molecule has 1 amide bonds. The Morgan fingerprint density at radius 1 is 1.00 bits per heavy atom. The molecule has 0 saturated carbocycles. The molecule has 1 aromatic heterocycles. The summed E-state index contributed by atoms with van der Waals surface area (Å²) in [6.07, 6.45) is 0. The molecule has 7 nitrogen and oxygen atoms in total. The van der Waals surface area contributed by atoms with Crippen LogP contribution in [0.25, 0.3) is 11.0 Å². The van der Waals surface area contributed by atoms with Crippen LogP contribution in [0, 0.1) is 0 Å². The Labute approximate surface area is 203 Å². The molecule has 0 aliphatic carbocycles. The van der Waals surface area contributed by atoms with E-state index in [9.17, 15) is 14.7 Å². The van der Waals surface area contributed by atoms with Gasteiger partial charge < -0.3 is 23.9 Å². The molecule has 1 N–H and O–H groups in total. The van der Waals surface area contributed by atoms with Crippen LogP contribution in [-0.4, -0.2) is 30.1 Å². The summed E-state index contributed by atoms with van der Waals surface area (Å²) in [5.74, 6) is 0.547. The topological polar surface area (TPSA) is 89.2 Å². The van der Waals surface area contributed by atoms with Crippen LogP contribution in [-0.2, 0) is 6.54 Å². The van der Waals surface area contributed by atoms with Crippen LogP contribution in [0.5, 0.6) is 17.2 Å². The van der Waals surface area contributed by atoms with E-state index >= 15 is 0 Å². The average Bonchev–Trinajstić information content (AvgIpc) is 3.12. The summed E-state index contributed by atoms with van der Waals surface area (Å²) < 4.78 is 17.2. The number of phenols is 1. The Hall–Kier alpha value is -3.78. The Bertz CT molecular complexity index is 1480. The van der Waals surface area contributed by atoms with E-state index in [0.29, 0.717) is 22.3 Å². The average molecular weight is 522 g/mol. The van der Waals surface area contributed by atoms with Crippen molar-refractivity contribution in [3.05, 3.63) is 97.8 Å². The largest absolute Gasteiger partial charge is 0.504 e. The highest BCUT2D eigenvalue weighted by Gasteiger charge is 2.43. The second-order valence-corrected chi connectivity index (χ2v) is 8.85. The Balaban J connectivity index is 1.71. The van der Waals surface area contributed by atoms with Gasteiger partial charge in [0.05, 0.1) is 31.2 Å². The molecule has 1 aliphatic heterocycles. The predicted molar refractivity (Wildman–Crippen MR) is 130 cm³/mol. The van der Waals surface area contributed by atoms with Crippen LogP contribution in [0.2, 0.25) is 0 Å². The first-order valence-electron chi connectivity index (χ1n) is 10.5. The van der Waals surface area contributed by atoms with Crippen LogP contribution in [0.4, 0.5) is 0 Å². The number of carbonyl (C=O) groups is 1. The number of methoxy groups -OCH3 is 2. The van der Waals surface area contributed by atoms with Gasteiger partial charge in [0.1, 0.15) is 11.3 Å². The monoisotopic (exact) mass is 521 g/mol. The minimum Gasteiger partial charge on any atom is -0.504 e. The van der Waals surface area contributed by atoms with Crippen molar-refractivity contribution in [3.8, 4) is 17.2 Å². The lowest BCUT2D eigenvalue weighted by molar-refractivity contribution is 0.0714. The fraction of sp³-hybridized carbons (Fsp3) is 0.154. The number of benzene rings is 3. The Morgan fingerprint density at radius 3 is 2.47 bits per heavy atom. The molecule has 34 heavy (non-hydrogen) atoms. The maximum absolute atomic E-state index is 13.6. The summed E-state index contributed by atoms with van der Waals surface area (Å²) in [5.41, 5.74) is 1.81. The first-order valence-corrected chi connectivity index (χ1v) is 11.3. The predicted octanol–water partition coefficient (Wildman–Crippen LogP) is 5.02. The van der Waals surface area contributed by atoms with Crippen molar-refractivity contribution >= 4 is 32.8 Å². The van der Waals surface area contributed by atoms with Crippen molar-refractivity contribution in [1.29, 1.82) is 0 Å². The van der Waals surface area contributed by atoms with E-state index in [2.05, 4.69) is 15.9 Å². The number of carbonyl (C=O) groups excluding carboxylic acids is 1. The molecule has 8 heteroatoms. The summed E-state index contributed by atoms with van der Waals surface area (Å²) in [5, 5.41) is 10.5. The van der Waals surface area contributed by atoms with Gasteiger partial charge in [0.25, 0.3) is 5.91 Å². The number of halogens is 1. The molecule has 0 radical (unpaired) electrons. The maximum Gasteiger partial charge on any atom is 0.291 e. The van der Waals surface area contributed by atoms with Gasteiger partial charge >= 0.3 is 0 Å². The summed E-state index contributed by atoms with van der Waals surface area (Å²) in [7, 11) is 3.03. The SMILES string of the molecule is COc1ccc(CN2C(=O)c3oc4ccc(Br)cc4c(=O)c3[C@@H]2c2ccc(O)c(OC)c2)cc1. The highest BCUT2D eigenvalue weighted by Crippen LogP contribution is 2.41. The highest BCUT2D eigenvalue weighted by atomic mass is 79.9. The minimum absolute atomic E-state index is 0.0189. The van der Waals surface area contributed by atoms with Crippen molar-refractivity contribution in [1.82, 2.24) is 4.90 Å². The first kappa shape index (κ1) is 22.0. The first-order chi connectivity index (χ1) is 16.4. The van der Waals surface area contributed by atoms with Gasteiger partial charge in [-0.1, -0.05) is 34.1 Å². The normalized spacial score (nSPS) is 15.0. The summed E-state index contributed by atoms with van der Waals surface area (Å²) in [4.78, 5) is 28.8. The third-order valence-electron chi connectivity index (χ3n) is 5.96.